The van der Waals surface area contributed by atoms with E-state index >= 15 is 0 Å². The average Bonchev–Trinajstić information content (AvgIpc) is 2.97. The van der Waals surface area contributed by atoms with Crippen LogP contribution in [0.4, 0.5) is 0 Å². The lowest BCUT2D eigenvalue weighted by Crippen LogP contribution is -2.46. The predicted molar refractivity (Wildman–Crippen MR) is 87.8 cm³/mol. The van der Waals surface area contributed by atoms with Gasteiger partial charge in [-0.25, -0.2) is 0 Å². The van der Waals surface area contributed by atoms with Gasteiger partial charge in [-0.1, -0.05) is 54.4 Å². The van der Waals surface area contributed by atoms with Crippen molar-refractivity contribution >= 4 is 5.91 Å². The van der Waals surface area contributed by atoms with Gasteiger partial charge in [0, 0.05) is 6.54 Å². The molecule has 3 atom stereocenters. The lowest BCUT2D eigenvalue weighted by molar-refractivity contribution is -0.132. The third-order valence-corrected chi connectivity index (χ3v) is 5.70. The standard InChI is InChI=1S/C18H34N2O/c1-12(2)15-17(21)20(11-13(3)18(4,5)6)16(19-15)14-9-7-8-10-14/h12-16,19H,7-11H2,1-6H3. The molecule has 0 spiro atoms. The minimum atomic E-state index is 0.0165. The van der Waals surface area contributed by atoms with Gasteiger partial charge in [-0.15, -0.1) is 0 Å². The van der Waals surface area contributed by atoms with E-state index in [4.69, 9.17) is 0 Å². The summed E-state index contributed by atoms with van der Waals surface area (Å²) < 4.78 is 0. The molecule has 1 saturated heterocycles. The van der Waals surface area contributed by atoms with E-state index in [0.29, 0.717) is 23.7 Å². The van der Waals surface area contributed by atoms with Gasteiger partial charge in [-0.3, -0.25) is 10.1 Å². The molecule has 3 unspecified atom stereocenters. The van der Waals surface area contributed by atoms with Gasteiger partial charge >= 0.3 is 0 Å². The Bertz CT molecular complexity index is 366. The zero-order valence-electron chi connectivity index (χ0n) is 14.8. The van der Waals surface area contributed by atoms with Crippen molar-refractivity contribution in [2.75, 3.05) is 6.54 Å². The number of nitrogens with zero attached hydrogens (tertiary/aromatic N) is 1. The third-order valence-electron chi connectivity index (χ3n) is 5.70. The maximum absolute atomic E-state index is 12.8. The molecule has 0 bridgehead atoms. The summed E-state index contributed by atoms with van der Waals surface area (Å²) in [6, 6.07) is 0.0165. The highest BCUT2D eigenvalue weighted by molar-refractivity contribution is 5.84. The van der Waals surface area contributed by atoms with Gasteiger partial charge in [0.25, 0.3) is 0 Å². The smallest absolute Gasteiger partial charge is 0.241 e. The molecule has 1 aliphatic carbocycles. The van der Waals surface area contributed by atoms with Gasteiger partial charge in [0.2, 0.25) is 5.91 Å². The SMILES string of the molecule is CC(C)C1NC(C2CCCC2)N(CC(C)C(C)(C)C)C1=O. The van der Waals surface area contributed by atoms with Gasteiger partial charge in [-0.2, -0.15) is 0 Å². The summed E-state index contributed by atoms with van der Waals surface area (Å²) in [7, 11) is 0. The van der Waals surface area contributed by atoms with Crippen LogP contribution in [0.3, 0.4) is 0 Å². The monoisotopic (exact) mass is 294 g/mol. The summed E-state index contributed by atoms with van der Waals surface area (Å²) in [6.45, 7) is 14.3. The van der Waals surface area contributed by atoms with E-state index in [0.717, 1.165) is 6.54 Å². The number of carbonyl (C=O) groups is 1. The van der Waals surface area contributed by atoms with Crippen LogP contribution >= 0.6 is 0 Å². The molecule has 2 rings (SSSR count). The zero-order valence-corrected chi connectivity index (χ0v) is 14.8. The van der Waals surface area contributed by atoms with Crippen molar-refractivity contribution in [1.82, 2.24) is 10.2 Å². The Morgan fingerprint density at radius 3 is 2.24 bits per heavy atom. The molecule has 0 radical (unpaired) electrons. The topological polar surface area (TPSA) is 32.3 Å². The molecule has 2 aliphatic rings. The Labute approximate surface area is 130 Å². The molecule has 1 heterocycles. The molecule has 3 nitrogen and oxygen atoms in total. The Balaban J connectivity index is 2.14. The summed E-state index contributed by atoms with van der Waals surface area (Å²) in [5, 5.41) is 3.67. The first-order chi connectivity index (χ1) is 9.71. The second-order valence-corrected chi connectivity index (χ2v) is 8.64. The molecule has 0 aromatic rings. The summed E-state index contributed by atoms with van der Waals surface area (Å²) >= 11 is 0. The van der Waals surface area contributed by atoms with Crippen LogP contribution in [0.25, 0.3) is 0 Å². The van der Waals surface area contributed by atoms with Crippen LogP contribution in [-0.4, -0.2) is 29.6 Å². The summed E-state index contributed by atoms with van der Waals surface area (Å²) in [5.74, 6) is 1.87. The highest BCUT2D eigenvalue weighted by Gasteiger charge is 2.45. The van der Waals surface area contributed by atoms with E-state index in [-0.39, 0.29) is 17.6 Å². The molecular weight excluding hydrogens is 260 g/mol. The van der Waals surface area contributed by atoms with Crippen molar-refractivity contribution in [3.8, 4) is 0 Å². The van der Waals surface area contributed by atoms with Gasteiger partial charge in [0.15, 0.2) is 0 Å². The fraction of sp³-hybridized carbons (Fsp3) is 0.944. The second kappa shape index (κ2) is 6.28. The fourth-order valence-electron chi connectivity index (χ4n) is 3.57. The molecule has 0 aromatic heterocycles. The fourth-order valence-corrected chi connectivity index (χ4v) is 3.57. The predicted octanol–water partition coefficient (Wildman–Crippen LogP) is 3.64. The van der Waals surface area contributed by atoms with E-state index < -0.39 is 0 Å². The second-order valence-electron chi connectivity index (χ2n) is 8.64. The third kappa shape index (κ3) is 3.61. The molecule has 2 fully saturated rings. The van der Waals surface area contributed by atoms with Crippen LogP contribution in [0.5, 0.6) is 0 Å². The molecule has 1 N–H and O–H groups in total. The number of hydrogen-bond acceptors (Lipinski definition) is 2. The van der Waals surface area contributed by atoms with Crippen molar-refractivity contribution in [3.63, 3.8) is 0 Å². The van der Waals surface area contributed by atoms with E-state index in [1.807, 2.05) is 0 Å². The van der Waals surface area contributed by atoms with E-state index in [1.165, 1.54) is 25.7 Å². The van der Waals surface area contributed by atoms with E-state index in [2.05, 4.69) is 51.8 Å². The number of carbonyl (C=O) groups excluding carboxylic acids is 1. The Morgan fingerprint density at radius 1 is 1.19 bits per heavy atom. The van der Waals surface area contributed by atoms with E-state index in [9.17, 15) is 4.79 Å². The Hall–Kier alpha value is -0.570. The molecule has 1 aliphatic heterocycles. The Kier molecular flexibility index (Phi) is 5.02. The van der Waals surface area contributed by atoms with Crippen LogP contribution in [0.15, 0.2) is 0 Å². The molecule has 1 saturated carbocycles. The summed E-state index contributed by atoms with van der Waals surface area (Å²) in [6.07, 6.45) is 5.47. The quantitative estimate of drug-likeness (QED) is 0.858. The van der Waals surface area contributed by atoms with Crippen molar-refractivity contribution in [3.05, 3.63) is 0 Å². The van der Waals surface area contributed by atoms with Crippen molar-refractivity contribution in [2.24, 2.45) is 23.2 Å². The van der Waals surface area contributed by atoms with Crippen molar-refractivity contribution in [2.45, 2.75) is 79.4 Å². The first kappa shape index (κ1) is 16.8. The van der Waals surface area contributed by atoms with Gasteiger partial charge in [0.05, 0.1) is 12.2 Å². The lowest BCUT2D eigenvalue weighted by Gasteiger charge is -2.35. The van der Waals surface area contributed by atoms with Crippen LogP contribution in [0.2, 0.25) is 0 Å². The van der Waals surface area contributed by atoms with Gasteiger partial charge < -0.3 is 4.90 Å². The first-order valence-corrected chi connectivity index (χ1v) is 8.78. The largest absolute Gasteiger partial charge is 0.325 e. The number of hydrogen-bond donors (Lipinski definition) is 1. The van der Waals surface area contributed by atoms with Crippen LogP contribution < -0.4 is 5.32 Å². The van der Waals surface area contributed by atoms with E-state index in [1.54, 1.807) is 0 Å². The van der Waals surface area contributed by atoms with Gasteiger partial charge in [-0.05, 0) is 36.0 Å². The number of nitrogens with one attached hydrogen (secondary N) is 1. The van der Waals surface area contributed by atoms with Crippen LogP contribution in [-0.2, 0) is 4.79 Å². The molecule has 0 aromatic carbocycles. The molecule has 3 heteroatoms. The number of rotatable bonds is 4. The Morgan fingerprint density at radius 2 is 1.76 bits per heavy atom. The molecule has 1 amide bonds. The maximum atomic E-state index is 12.8. The molecule has 122 valence electrons. The highest BCUT2D eigenvalue weighted by Crippen LogP contribution is 2.35. The zero-order chi connectivity index (χ0) is 15.8. The van der Waals surface area contributed by atoms with Crippen molar-refractivity contribution < 1.29 is 4.79 Å². The minimum Gasteiger partial charge on any atom is -0.325 e. The first-order valence-electron chi connectivity index (χ1n) is 8.78. The molecule has 21 heavy (non-hydrogen) atoms. The highest BCUT2D eigenvalue weighted by atomic mass is 16.2. The van der Waals surface area contributed by atoms with Gasteiger partial charge in [0.1, 0.15) is 0 Å². The lowest BCUT2D eigenvalue weighted by atomic mass is 9.81. The minimum absolute atomic E-state index is 0.0165. The molecular formula is C18H34N2O. The number of amides is 1. The normalized spacial score (nSPS) is 29.7. The van der Waals surface area contributed by atoms with Crippen molar-refractivity contribution in [1.29, 1.82) is 0 Å². The average molecular weight is 294 g/mol. The van der Waals surface area contributed by atoms with Crippen LogP contribution in [0.1, 0.15) is 67.2 Å². The summed E-state index contributed by atoms with van der Waals surface area (Å²) in [5.41, 5.74) is 0.246. The van der Waals surface area contributed by atoms with Crippen LogP contribution in [0, 0.1) is 23.2 Å². The summed E-state index contributed by atoms with van der Waals surface area (Å²) in [4.78, 5) is 15.0. The maximum Gasteiger partial charge on any atom is 0.241 e.